The third-order valence-electron chi connectivity index (χ3n) is 4.69. The van der Waals surface area contributed by atoms with Crippen LogP contribution in [0.15, 0.2) is 0 Å². The Morgan fingerprint density at radius 3 is 1.93 bits per heavy atom. The Balaban J connectivity index is 1.94. The zero-order chi connectivity index (χ0) is 10.7. The Morgan fingerprint density at radius 2 is 1.40 bits per heavy atom. The number of hydrogen-bond donors (Lipinski definition) is 0. The van der Waals surface area contributed by atoms with Crippen molar-refractivity contribution in [3.8, 4) is 0 Å². The Hall–Kier alpha value is 0.290. The van der Waals surface area contributed by atoms with E-state index in [0.29, 0.717) is 0 Å². The fourth-order valence-electron chi connectivity index (χ4n) is 3.45. The Kier molecular flexibility index (Phi) is 3.98. The minimum atomic E-state index is 0.191. The van der Waals surface area contributed by atoms with Crippen molar-refractivity contribution in [1.29, 1.82) is 0 Å². The van der Waals surface area contributed by atoms with E-state index >= 15 is 0 Å². The molecule has 2 fully saturated rings. The number of halogens is 1. The van der Waals surface area contributed by atoms with E-state index in [1.54, 1.807) is 0 Å². The summed E-state index contributed by atoms with van der Waals surface area (Å²) >= 11 is 6.89. The summed E-state index contributed by atoms with van der Waals surface area (Å²) in [5.41, 5.74) is 0. The fourth-order valence-corrected chi connectivity index (χ4v) is 3.88. The van der Waals surface area contributed by atoms with Gasteiger partial charge >= 0.3 is 0 Å². The van der Waals surface area contributed by atoms with Crippen LogP contribution in [0.2, 0.25) is 0 Å². The summed E-state index contributed by atoms with van der Waals surface area (Å²) in [5, 5.41) is 0. The SMILES string of the molecule is CC1CCC(Cl)(C2CCCCCC2)CC1. The van der Waals surface area contributed by atoms with Crippen molar-refractivity contribution in [3.05, 3.63) is 0 Å². The predicted octanol–water partition coefficient (Wildman–Crippen LogP) is 5.14. The summed E-state index contributed by atoms with van der Waals surface area (Å²) in [6.45, 7) is 2.38. The van der Waals surface area contributed by atoms with Crippen LogP contribution < -0.4 is 0 Å². The van der Waals surface area contributed by atoms with Crippen molar-refractivity contribution in [1.82, 2.24) is 0 Å². The summed E-state index contributed by atoms with van der Waals surface area (Å²) in [6.07, 6.45) is 13.8. The molecular formula is C14H25Cl. The van der Waals surface area contributed by atoms with Crippen molar-refractivity contribution in [2.24, 2.45) is 11.8 Å². The van der Waals surface area contributed by atoms with Crippen LogP contribution in [0.25, 0.3) is 0 Å². The van der Waals surface area contributed by atoms with E-state index in [1.807, 2.05) is 0 Å². The van der Waals surface area contributed by atoms with Gasteiger partial charge in [-0.2, -0.15) is 0 Å². The molecular weight excluding hydrogens is 204 g/mol. The van der Waals surface area contributed by atoms with E-state index in [4.69, 9.17) is 11.6 Å². The Bertz CT molecular complexity index is 184. The highest BCUT2D eigenvalue weighted by Crippen LogP contribution is 2.46. The van der Waals surface area contributed by atoms with Gasteiger partial charge in [-0.15, -0.1) is 11.6 Å². The molecule has 88 valence electrons. The third-order valence-corrected chi connectivity index (χ3v) is 5.38. The molecule has 0 aliphatic heterocycles. The second-order valence-electron chi connectivity index (χ2n) is 5.91. The Labute approximate surface area is 99.8 Å². The molecule has 0 radical (unpaired) electrons. The molecule has 2 saturated carbocycles. The highest BCUT2D eigenvalue weighted by molar-refractivity contribution is 6.24. The molecule has 0 nitrogen and oxygen atoms in total. The van der Waals surface area contributed by atoms with Crippen molar-refractivity contribution in [2.45, 2.75) is 76.0 Å². The maximum Gasteiger partial charge on any atom is 0.0475 e. The van der Waals surface area contributed by atoms with Gasteiger partial charge < -0.3 is 0 Å². The lowest BCUT2D eigenvalue weighted by Crippen LogP contribution is -2.35. The minimum absolute atomic E-state index is 0.191. The topological polar surface area (TPSA) is 0 Å². The monoisotopic (exact) mass is 228 g/mol. The first-order valence-electron chi connectivity index (χ1n) is 6.90. The first kappa shape index (κ1) is 11.8. The van der Waals surface area contributed by atoms with E-state index in [0.717, 1.165) is 11.8 Å². The fraction of sp³-hybridized carbons (Fsp3) is 1.00. The van der Waals surface area contributed by atoms with Gasteiger partial charge in [0, 0.05) is 4.87 Å². The van der Waals surface area contributed by atoms with Gasteiger partial charge in [0.25, 0.3) is 0 Å². The molecule has 0 heterocycles. The zero-order valence-corrected chi connectivity index (χ0v) is 10.9. The molecule has 1 heteroatoms. The highest BCUT2D eigenvalue weighted by atomic mass is 35.5. The number of rotatable bonds is 1. The molecule has 0 aromatic heterocycles. The minimum Gasteiger partial charge on any atom is -0.119 e. The third kappa shape index (κ3) is 2.90. The van der Waals surface area contributed by atoms with Gasteiger partial charge in [-0.3, -0.25) is 0 Å². The van der Waals surface area contributed by atoms with E-state index in [-0.39, 0.29) is 4.87 Å². The van der Waals surface area contributed by atoms with Crippen LogP contribution in [-0.4, -0.2) is 4.87 Å². The zero-order valence-electron chi connectivity index (χ0n) is 10.1. The van der Waals surface area contributed by atoms with Crippen LogP contribution in [0, 0.1) is 11.8 Å². The predicted molar refractivity (Wildman–Crippen MR) is 67.4 cm³/mol. The lowest BCUT2D eigenvalue weighted by Gasteiger charge is -2.40. The normalized spacial score (nSPS) is 40.0. The number of hydrogen-bond acceptors (Lipinski definition) is 0. The molecule has 15 heavy (non-hydrogen) atoms. The van der Waals surface area contributed by atoms with Gasteiger partial charge in [-0.25, -0.2) is 0 Å². The van der Waals surface area contributed by atoms with Crippen LogP contribution >= 0.6 is 11.6 Å². The van der Waals surface area contributed by atoms with Gasteiger partial charge in [0.05, 0.1) is 0 Å². The van der Waals surface area contributed by atoms with E-state index in [9.17, 15) is 0 Å². The summed E-state index contributed by atoms with van der Waals surface area (Å²) in [6, 6.07) is 0. The summed E-state index contributed by atoms with van der Waals surface area (Å²) in [7, 11) is 0. The van der Waals surface area contributed by atoms with Crippen molar-refractivity contribution in [2.75, 3.05) is 0 Å². The molecule has 0 aromatic rings. The molecule has 0 amide bonds. The van der Waals surface area contributed by atoms with Gasteiger partial charge in [-0.05, 0) is 50.4 Å². The van der Waals surface area contributed by atoms with Crippen LogP contribution in [0.4, 0.5) is 0 Å². The summed E-state index contributed by atoms with van der Waals surface area (Å²) < 4.78 is 0. The molecule has 2 aliphatic rings. The second-order valence-corrected chi connectivity index (χ2v) is 6.66. The molecule has 0 saturated heterocycles. The Morgan fingerprint density at radius 1 is 0.867 bits per heavy atom. The molecule has 2 aliphatic carbocycles. The maximum absolute atomic E-state index is 6.89. The summed E-state index contributed by atoms with van der Waals surface area (Å²) in [4.78, 5) is 0.191. The van der Waals surface area contributed by atoms with Gasteiger partial charge in [0.2, 0.25) is 0 Å². The second kappa shape index (κ2) is 5.08. The molecule has 2 rings (SSSR count). The standard InChI is InChI=1S/C14H25Cl/c1-12-8-10-14(15,11-9-12)13-6-4-2-3-5-7-13/h12-13H,2-11H2,1H3. The highest BCUT2D eigenvalue weighted by Gasteiger charge is 2.38. The van der Waals surface area contributed by atoms with Gasteiger partial charge in [0.15, 0.2) is 0 Å². The molecule has 0 N–H and O–H groups in total. The van der Waals surface area contributed by atoms with Crippen LogP contribution in [-0.2, 0) is 0 Å². The van der Waals surface area contributed by atoms with Crippen molar-refractivity contribution in [3.63, 3.8) is 0 Å². The molecule has 0 atom stereocenters. The first-order chi connectivity index (χ1) is 7.21. The summed E-state index contributed by atoms with van der Waals surface area (Å²) in [5.74, 6) is 1.75. The number of alkyl halides is 1. The average Bonchev–Trinajstić information content (AvgIpc) is 2.51. The van der Waals surface area contributed by atoms with Crippen LogP contribution in [0.3, 0.4) is 0 Å². The molecule has 0 aromatic carbocycles. The molecule has 0 spiro atoms. The first-order valence-corrected chi connectivity index (χ1v) is 7.27. The van der Waals surface area contributed by atoms with Crippen molar-refractivity contribution >= 4 is 11.6 Å². The molecule has 0 unspecified atom stereocenters. The quantitative estimate of drug-likeness (QED) is 0.430. The lowest BCUT2D eigenvalue weighted by atomic mass is 9.73. The largest absolute Gasteiger partial charge is 0.119 e. The van der Waals surface area contributed by atoms with E-state index < -0.39 is 0 Å². The average molecular weight is 229 g/mol. The van der Waals surface area contributed by atoms with Crippen LogP contribution in [0.1, 0.15) is 71.1 Å². The van der Waals surface area contributed by atoms with Gasteiger partial charge in [0.1, 0.15) is 0 Å². The smallest absolute Gasteiger partial charge is 0.0475 e. The molecule has 0 bridgehead atoms. The van der Waals surface area contributed by atoms with Crippen molar-refractivity contribution < 1.29 is 0 Å². The van der Waals surface area contributed by atoms with Gasteiger partial charge in [-0.1, -0.05) is 32.6 Å². The van der Waals surface area contributed by atoms with E-state index in [2.05, 4.69) is 6.92 Å². The van der Waals surface area contributed by atoms with Crippen LogP contribution in [0.5, 0.6) is 0 Å². The van der Waals surface area contributed by atoms with E-state index in [1.165, 1.54) is 64.2 Å². The lowest BCUT2D eigenvalue weighted by molar-refractivity contribution is 0.222. The maximum atomic E-state index is 6.89.